The van der Waals surface area contributed by atoms with Gasteiger partial charge in [0.15, 0.2) is 10.1 Å². The fraction of sp³-hybridized carbons (Fsp3) is 0.200. The number of hydrogen-bond acceptors (Lipinski definition) is 10. The zero-order valence-corrected chi connectivity index (χ0v) is 23.6. The molecule has 0 saturated heterocycles. The van der Waals surface area contributed by atoms with Crippen LogP contribution in [0.2, 0.25) is 5.02 Å². The molecule has 0 spiro atoms. The molecule has 1 aromatic carbocycles. The summed E-state index contributed by atoms with van der Waals surface area (Å²) >= 11 is 11.7. The lowest BCUT2D eigenvalue weighted by molar-refractivity contribution is -0.116. The summed E-state index contributed by atoms with van der Waals surface area (Å²) in [5, 5.41) is 22.3. The highest BCUT2D eigenvalue weighted by atomic mass is 79.9. The van der Waals surface area contributed by atoms with Crippen LogP contribution in [-0.2, 0) is 9.59 Å². The highest BCUT2D eigenvalue weighted by Crippen LogP contribution is 2.47. The molecular weight excluding hydrogens is 610 g/mol. The van der Waals surface area contributed by atoms with E-state index < -0.39 is 5.92 Å². The SMILES string of the molecule is N#CC1=C(N)N(c2nnc(SCC(=O)Nc3ccc(Cl)cn3)s2)C2=C(C(=O)CCC2)C1c1ccc(Br)cc1. The monoisotopic (exact) mass is 627 g/mol. The van der Waals surface area contributed by atoms with Gasteiger partial charge in [-0.25, -0.2) is 4.98 Å². The number of anilines is 2. The topological polar surface area (TPSA) is 138 Å². The van der Waals surface area contributed by atoms with E-state index in [-0.39, 0.29) is 23.3 Å². The van der Waals surface area contributed by atoms with Gasteiger partial charge < -0.3 is 11.1 Å². The van der Waals surface area contributed by atoms with E-state index >= 15 is 0 Å². The third kappa shape index (κ3) is 5.33. The number of halogens is 2. The van der Waals surface area contributed by atoms with Gasteiger partial charge in [-0.15, -0.1) is 10.2 Å². The standard InChI is InChI=1S/C25H19BrClN7O2S2/c26-14-6-4-13(5-7-14)21-16(10-28)23(29)34(17-2-1-3-18(35)22(17)21)24-32-33-25(38-24)37-12-20(36)31-19-9-8-15(27)11-30-19/h4-9,11,21H,1-3,12,29H2,(H,30,31,36). The number of nitrogens with one attached hydrogen (secondary N) is 1. The molecule has 5 rings (SSSR count). The van der Waals surface area contributed by atoms with Crippen LogP contribution < -0.4 is 16.0 Å². The first-order valence-corrected chi connectivity index (χ1v) is 14.4. The number of aromatic nitrogens is 3. The predicted molar refractivity (Wildman–Crippen MR) is 151 cm³/mol. The average Bonchev–Trinajstić information content (AvgIpc) is 3.37. The van der Waals surface area contributed by atoms with Crippen LogP contribution in [0, 0.1) is 11.3 Å². The van der Waals surface area contributed by atoms with Crippen molar-refractivity contribution in [1.82, 2.24) is 15.2 Å². The Morgan fingerprint density at radius 2 is 2.05 bits per heavy atom. The van der Waals surface area contributed by atoms with Gasteiger partial charge >= 0.3 is 0 Å². The number of benzene rings is 1. The van der Waals surface area contributed by atoms with Gasteiger partial charge in [0.05, 0.1) is 28.3 Å². The number of ketones is 1. The number of carbonyl (C=O) groups excluding carboxylic acids is 2. The summed E-state index contributed by atoms with van der Waals surface area (Å²) in [5.41, 5.74) is 9.01. The number of rotatable bonds is 6. The number of Topliss-reactive ketones (excluding diaryl/α,β-unsaturated/α-hetero) is 1. The molecule has 9 nitrogen and oxygen atoms in total. The Kier molecular flexibility index (Phi) is 7.80. The van der Waals surface area contributed by atoms with Crippen LogP contribution in [-0.4, -0.2) is 32.6 Å². The third-order valence-electron chi connectivity index (χ3n) is 6.03. The molecular formula is C25H19BrClN7O2S2. The van der Waals surface area contributed by atoms with E-state index in [1.807, 2.05) is 24.3 Å². The molecule has 0 bridgehead atoms. The normalized spacial score (nSPS) is 17.3. The Morgan fingerprint density at radius 3 is 2.76 bits per heavy atom. The Labute approximate surface area is 239 Å². The van der Waals surface area contributed by atoms with E-state index in [1.165, 1.54) is 29.3 Å². The van der Waals surface area contributed by atoms with Crippen LogP contribution in [0.5, 0.6) is 0 Å². The number of amides is 1. The second kappa shape index (κ2) is 11.2. The van der Waals surface area contributed by atoms with Crippen molar-refractivity contribution in [3.05, 3.63) is 80.3 Å². The minimum absolute atomic E-state index is 0.00369. The molecule has 192 valence electrons. The molecule has 1 atom stereocenters. The van der Waals surface area contributed by atoms with E-state index in [2.05, 4.69) is 42.5 Å². The zero-order chi connectivity index (χ0) is 26.8. The molecule has 3 aromatic rings. The van der Waals surface area contributed by atoms with Crippen LogP contribution in [0.4, 0.5) is 10.9 Å². The summed E-state index contributed by atoms with van der Waals surface area (Å²) in [6.45, 7) is 0. The van der Waals surface area contributed by atoms with Gasteiger partial charge in [0.2, 0.25) is 11.0 Å². The number of thioether (sulfide) groups is 1. The molecule has 1 amide bonds. The summed E-state index contributed by atoms with van der Waals surface area (Å²) in [4.78, 5) is 31.3. The maximum Gasteiger partial charge on any atom is 0.235 e. The predicted octanol–water partition coefficient (Wildman–Crippen LogP) is 5.38. The molecule has 0 fully saturated rings. The van der Waals surface area contributed by atoms with Crippen molar-refractivity contribution < 1.29 is 9.59 Å². The third-order valence-corrected chi connectivity index (χ3v) is 8.82. The molecule has 0 saturated carbocycles. The number of nitrogens with zero attached hydrogens (tertiary/aromatic N) is 5. The van der Waals surface area contributed by atoms with Crippen molar-refractivity contribution in [2.45, 2.75) is 29.5 Å². The lowest BCUT2D eigenvalue weighted by atomic mass is 9.76. The number of nitrogens with two attached hydrogens (primary N) is 1. The first kappa shape index (κ1) is 26.4. The minimum atomic E-state index is -0.543. The van der Waals surface area contributed by atoms with Gasteiger partial charge in [-0.1, -0.05) is 62.8 Å². The van der Waals surface area contributed by atoms with E-state index in [9.17, 15) is 14.9 Å². The van der Waals surface area contributed by atoms with Gasteiger partial charge in [-0.3, -0.25) is 14.5 Å². The quantitative estimate of drug-likeness (QED) is 0.344. The van der Waals surface area contributed by atoms with E-state index in [0.29, 0.717) is 50.7 Å². The fourth-order valence-electron chi connectivity index (χ4n) is 4.40. The first-order valence-electron chi connectivity index (χ1n) is 11.4. The maximum atomic E-state index is 13.2. The molecule has 0 radical (unpaired) electrons. The maximum absolute atomic E-state index is 13.2. The van der Waals surface area contributed by atoms with Crippen LogP contribution in [0.25, 0.3) is 0 Å². The molecule has 3 N–H and O–H groups in total. The molecule has 2 aromatic heterocycles. The Hall–Kier alpha value is -3.24. The highest BCUT2D eigenvalue weighted by Gasteiger charge is 2.41. The second-order valence-corrected chi connectivity index (χ2v) is 11.9. The number of pyridine rings is 1. The van der Waals surface area contributed by atoms with Gasteiger partial charge in [-0.05, 0) is 42.7 Å². The summed E-state index contributed by atoms with van der Waals surface area (Å²) in [7, 11) is 0. The lowest BCUT2D eigenvalue weighted by Gasteiger charge is -2.38. The van der Waals surface area contributed by atoms with Crippen molar-refractivity contribution in [3.8, 4) is 6.07 Å². The molecule has 38 heavy (non-hydrogen) atoms. The summed E-state index contributed by atoms with van der Waals surface area (Å²) in [5.74, 6) is -0.0877. The number of carbonyl (C=O) groups is 2. The van der Waals surface area contributed by atoms with Gasteiger partial charge in [0, 0.05) is 28.4 Å². The number of hydrogen-bond donors (Lipinski definition) is 2. The smallest absolute Gasteiger partial charge is 0.235 e. The Bertz CT molecular complexity index is 1510. The summed E-state index contributed by atoms with van der Waals surface area (Å²) in [6.07, 6.45) is 3.16. The number of nitriles is 1. The first-order chi connectivity index (χ1) is 18.4. The fourth-order valence-corrected chi connectivity index (χ4v) is 6.46. The second-order valence-electron chi connectivity index (χ2n) is 8.42. The van der Waals surface area contributed by atoms with E-state index in [4.69, 9.17) is 17.3 Å². The van der Waals surface area contributed by atoms with Crippen LogP contribution >= 0.6 is 50.6 Å². The lowest BCUT2D eigenvalue weighted by Crippen LogP contribution is -2.38. The Balaban J connectivity index is 1.41. The van der Waals surface area contributed by atoms with Crippen molar-refractivity contribution in [3.63, 3.8) is 0 Å². The molecule has 13 heteroatoms. The van der Waals surface area contributed by atoms with Crippen molar-refractivity contribution >= 4 is 73.3 Å². The van der Waals surface area contributed by atoms with Gasteiger partial charge in [-0.2, -0.15) is 5.26 Å². The molecule has 2 aliphatic rings. The summed E-state index contributed by atoms with van der Waals surface area (Å²) in [6, 6.07) is 13.1. The summed E-state index contributed by atoms with van der Waals surface area (Å²) < 4.78 is 1.44. The zero-order valence-electron chi connectivity index (χ0n) is 19.6. The van der Waals surface area contributed by atoms with Crippen molar-refractivity contribution in [1.29, 1.82) is 5.26 Å². The van der Waals surface area contributed by atoms with Crippen LogP contribution in [0.1, 0.15) is 30.7 Å². The number of allylic oxidation sites excluding steroid dienone is 3. The van der Waals surface area contributed by atoms with E-state index in [0.717, 1.165) is 15.7 Å². The average molecular weight is 629 g/mol. The van der Waals surface area contributed by atoms with Gasteiger partial charge in [0.1, 0.15) is 11.6 Å². The van der Waals surface area contributed by atoms with Crippen LogP contribution in [0.15, 0.2) is 74.1 Å². The molecule has 1 aliphatic heterocycles. The molecule has 1 unspecified atom stereocenters. The van der Waals surface area contributed by atoms with Gasteiger partial charge in [0.25, 0.3) is 0 Å². The van der Waals surface area contributed by atoms with Crippen molar-refractivity contribution in [2.24, 2.45) is 5.73 Å². The molecule has 1 aliphatic carbocycles. The van der Waals surface area contributed by atoms with E-state index in [1.54, 1.807) is 17.0 Å². The van der Waals surface area contributed by atoms with Crippen LogP contribution in [0.3, 0.4) is 0 Å². The minimum Gasteiger partial charge on any atom is -0.384 e. The Morgan fingerprint density at radius 1 is 1.26 bits per heavy atom. The largest absolute Gasteiger partial charge is 0.384 e. The van der Waals surface area contributed by atoms with Crippen molar-refractivity contribution in [2.75, 3.05) is 16.0 Å². The molecule has 3 heterocycles. The highest BCUT2D eigenvalue weighted by molar-refractivity contribution is 9.10.